The van der Waals surface area contributed by atoms with Gasteiger partial charge in [-0.3, -0.25) is 4.79 Å². The third kappa shape index (κ3) is 4.08. The number of ketones is 1. The minimum atomic E-state index is -4.86. The Morgan fingerprint density at radius 3 is 2.18 bits per heavy atom. The molecule has 0 aromatic carbocycles. The number of carboxylic acid groups (broad SMARTS) is 1. The van der Waals surface area contributed by atoms with Gasteiger partial charge in [-0.25, -0.2) is 0 Å². The highest BCUT2D eigenvalue weighted by Gasteiger charge is 2.36. The number of piperidine rings is 1. The summed E-state index contributed by atoms with van der Waals surface area (Å²) in [5.74, 6) is -3.61. The first kappa shape index (κ1) is 13.5. The number of carboxylic acids is 1. The lowest BCUT2D eigenvalue weighted by molar-refractivity contribution is -0.312. The maximum Gasteiger partial charge on any atom is 0.454 e. The molecule has 0 radical (unpaired) electrons. The number of nitrogens with zero attached hydrogens (tertiary/aromatic N) is 1. The lowest BCUT2D eigenvalue weighted by atomic mass is 9.97. The number of allylic oxidation sites excluding steroid dienone is 1. The van der Waals surface area contributed by atoms with Crippen LogP contribution in [0.15, 0.2) is 12.3 Å². The summed E-state index contributed by atoms with van der Waals surface area (Å²) in [4.78, 5) is 22.5. The number of aliphatic carboxylic acids is 1. The van der Waals surface area contributed by atoms with Crippen molar-refractivity contribution in [2.45, 2.75) is 19.0 Å². The van der Waals surface area contributed by atoms with Gasteiger partial charge in [0, 0.05) is 37.3 Å². The first-order valence-corrected chi connectivity index (χ1v) is 5.05. The summed E-state index contributed by atoms with van der Waals surface area (Å²) in [5.41, 5.74) is 0. The van der Waals surface area contributed by atoms with E-state index >= 15 is 0 Å². The molecular formula is C10H11F3NO3-. The molecule has 0 atom stereocenters. The first-order valence-electron chi connectivity index (χ1n) is 5.05. The van der Waals surface area contributed by atoms with E-state index in [2.05, 4.69) is 0 Å². The summed E-state index contributed by atoms with van der Waals surface area (Å²) in [6.07, 6.45) is -2.72. The fraction of sp³-hybridized carbons (Fsp3) is 0.600. The molecule has 7 heteroatoms. The molecule has 1 rings (SSSR count). The van der Waals surface area contributed by atoms with Gasteiger partial charge in [0.25, 0.3) is 5.78 Å². The number of hydrogen-bond acceptors (Lipinski definition) is 4. The summed E-state index contributed by atoms with van der Waals surface area (Å²) < 4.78 is 35.6. The second kappa shape index (κ2) is 5.20. The highest BCUT2D eigenvalue weighted by atomic mass is 19.4. The van der Waals surface area contributed by atoms with Gasteiger partial charge >= 0.3 is 6.18 Å². The Kier molecular flexibility index (Phi) is 4.14. The van der Waals surface area contributed by atoms with Gasteiger partial charge in [-0.2, -0.15) is 13.2 Å². The number of likely N-dealkylation sites (tertiary alicyclic amines) is 1. The molecule has 0 aromatic heterocycles. The van der Waals surface area contributed by atoms with Crippen molar-refractivity contribution in [2.75, 3.05) is 13.1 Å². The van der Waals surface area contributed by atoms with Crippen LogP contribution >= 0.6 is 0 Å². The second-order valence-corrected chi connectivity index (χ2v) is 3.81. The topological polar surface area (TPSA) is 60.4 Å². The highest BCUT2D eigenvalue weighted by Crippen LogP contribution is 2.19. The zero-order valence-corrected chi connectivity index (χ0v) is 8.87. The molecule has 0 aliphatic carbocycles. The van der Waals surface area contributed by atoms with E-state index in [1.165, 1.54) is 4.90 Å². The van der Waals surface area contributed by atoms with Crippen molar-refractivity contribution in [1.29, 1.82) is 0 Å². The molecule has 1 fully saturated rings. The van der Waals surface area contributed by atoms with E-state index in [4.69, 9.17) is 0 Å². The van der Waals surface area contributed by atoms with Gasteiger partial charge in [-0.1, -0.05) is 0 Å². The van der Waals surface area contributed by atoms with Gasteiger partial charge in [0.2, 0.25) is 0 Å². The fourth-order valence-electron chi connectivity index (χ4n) is 1.55. The number of halogens is 3. The van der Waals surface area contributed by atoms with Crippen molar-refractivity contribution in [3.05, 3.63) is 12.3 Å². The first-order chi connectivity index (χ1) is 7.80. The number of alkyl halides is 3. The van der Waals surface area contributed by atoms with E-state index in [1.807, 2.05) is 0 Å². The Labute approximate surface area is 95.7 Å². The van der Waals surface area contributed by atoms with Crippen molar-refractivity contribution in [2.24, 2.45) is 5.92 Å². The highest BCUT2D eigenvalue weighted by molar-refractivity contribution is 5.94. The monoisotopic (exact) mass is 250 g/mol. The number of rotatable bonds is 3. The Morgan fingerprint density at radius 2 is 1.76 bits per heavy atom. The molecule has 0 aromatic rings. The second-order valence-electron chi connectivity index (χ2n) is 3.81. The van der Waals surface area contributed by atoms with Crippen molar-refractivity contribution in [1.82, 2.24) is 4.90 Å². The molecule has 1 aliphatic rings. The van der Waals surface area contributed by atoms with Crippen LogP contribution in [0, 0.1) is 5.92 Å². The van der Waals surface area contributed by atoms with Crippen molar-refractivity contribution >= 4 is 11.8 Å². The minimum absolute atomic E-state index is 0.306. The molecule has 1 heterocycles. The van der Waals surface area contributed by atoms with Crippen molar-refractivity contribution < 1.29 is 27.9 Å². The van der Waals surface area contributed by atoms with Crippen LogP contribution in [0.2, 0.25) is 0 Å². The molecule has 1 saturated heterocycles. The predicted molar refractivity (Wildman–Crippen MR) is 49.5 cm³/mol. The van der Waals surface area contributed by atoms with Gasteiger partial charge in [0.05, 0.1) is 0 Å². The van der Waals surface area contributed by atoms with Gasteiger partial charge in [-0.15, -0.1) is 0 Å². The molecule has 0 bridgehead atoms. The minimum Gasteiger partial charge on any atom is -0.550 e. The van der Waals surface area contributed by atoms with Crippen molar-refractivity contribution in [3.8, 4) is 0 Å². The predicted octanol–water partition coefficient (Wildman–Crippen LogP) is 0.0934. The maximum absolute atomic E-state index is 11.9. The van der Waals surface area contributed by atoms with Gasteiger partial charge < -0.3 is 14.8 Å². The molecular weight excluding hydrogens is 239 g/mol. The van der Waals surface area contributed by atoms with E-state index in [9.17, 15) is 27.9 Å². The third-order valence-electron chi connectivity index (χ3n) is 2.58. The summed E-state index contributed by atoms with van der Waals surface area (Å²) in [5, 5.41) is 10.5. The smallest absolute Gasteiger partial charge is 0.454 e. The van der Waals surface area contributed by atoms with Crippen LogP contribution in [0.1, 0.15) is 12.8 Å². The molecule has 96 valence electrons. The lowest BCUT2D eigenvalue weighted by Gasteiger charge is -2.31. The number of hydrogen-bond donors (Lipinski definition) is 0. The average Bonchev–Trinajstić information content (AvgIpc) is 2.25. The Bertz CT molecular complexity index is 330. The molecule has 0 saturated carbocycles. The normalized spacial score (nSPS) is 18.6. The molecule has 17 heavy (non-hydrogen) atoms. The van der Waals surface area contributed by atoms with E-state index in [-0.39, 0.29) is 0 Å². The SMILES string of the molecule is O=C([O-])C1CCN(/C=C/C(=O)C(F)(F)F)CC1. The van der Waals surface area contributed by atoms with Crippen LogP contribution in [0.5, 0.6) is 0 Å². The third-order valence-corrected chi connectivity index (χ3v) is 2.58. The Balaban J connectivity index is 2.43. The molecule has 0 unspecified atom stereocenters. The molecule has 1 aliphatic heterocycles. The van der Waals surface area contributed by atoms with E-state index < -0.39 is 23.8 Å². The van der Waals surface area contributed by atoms with Crippen LogP contribution in [-0.2, 0) is 9.59 Å². The van der Waals surface area contributed by atoms with Crippen LogP contribution in [0.3, 0.4) is 0 Å². The number of carbonyl (C=O) groups excluding carboxylic acids is 2. The molecule has 0 amide bonds. The maximum atomic E-state index is 11.9. The van der Waals surface area contributed by atoms with Crippen LogP contribution in [0.25, 0.3) is 0 Å². The van der Waals surface area contributed by atoms with Crippen LogP contribution < -0.4 is 5.11 Å². The largest absolute Gasteiger partial charge is 0.550 e. The quantitative estimate of drug-likeness (QED) is 0.666. The molecule has 0 spiro atoms. The van der Waals surface area contributed by atoms with Crippen LogP contribution in [-0.4, -0.2) is 35.9 Å². The fourth-order valence-corrected chi connectivity index (χ4v) is 1.55. The number of carbonyl (C=O) groups is 2. The van der Waals surface area contributed by atoms with Gasteiger partial charge in [0.15, 0.2) is 0 Å². The zero-order valence-electron chi connectivity index (χ0n) is 8.87. The molecule has 4 nitrogen and oxygen atoms in total. The lowest BCUT2D eigenvalue weighted by Crippen LogP contribution is -2.39. The standard InChI is InChI=1S/C10H12F3NO3/c11-10(12,13)8(15)3-6-14-4-1-7(2-5-14)9(16)17/h3,6-7H,1-2,4-5H2,(H,16,17)/p-1/b6-3+. The summed E-state index contributed by atoms with van der Waals surface area (Å²) in [7, 11) is 0. The summed E-state index contributed by atoms with van der Waals surface area (Å²) >= 11 is 0. The summed E-state index contributed by atoms with van der Waals surface area (Å²) in [6.45, 7) is 0.612. The van der Waals surface area contributed by atoms with E-state index in [1.54, 1.807) is 0 Å². The van der Waals surface area contributed by atoms with E-state index in [0.717, 1.165) is 6.20 Å². The zero-order chi connectivity index (χ0) is 13.1. The Morgan fingerprint density at radius 1 is 1.24 bits per heavy atom. The summed E-state index contributed by atoms with van der Waals surface area (Å²) in [6, 6.07) is 0. The Hall–Kier alpha value is -1.53. The average molecular weight is 250 g/mol. The van der Waals surface area contributed by atoms with Gasteiger partial charge in [-0.05, 0) is 12.8 Å². The van der Waals surface area contributed by atoms with Crippen molar-refractivity contribution in [3.63, 3.8) is 0 Å². The van der Waals surface area contributed by atoms with Crippen LogP contribution in [0.4, 0.5) is 13.2 Å². The van der Waals surface area contributed by atoms with E-state index in [0.29, 0.717) is 32.0 Å². The molecule has 0 N–H and O–H groups in total. The van der Waals surface area contributed by atoms with Gasteiger partial charge in [0.1, 0.15) is 0 Å².